The SMILES string of the molecule is CCc1ccccc1O[C@@H](C)C(=O)NCCCN(C)C. The molecule has 20 heavy (non-hydrogen) atoms. The van der Waals surface area contributed by atoms with Gasteiger partial charge in [0.1, 0.15) is 5.75 Å². The molecule has 0 saturated heterocycles. The molecule has 112 valence electrons. The number of carbonyl (C=O) groups excluding carboxylic acids is 1. The number of aryl methyl sites for hydroxylation is 1. The molecular formula is C16H26N2O2. The first-order valence-corrected chi connectivity index (χ1v) is 7.21. The molecule has 0 aliphatic carbocycles. The molecule has 0 unspecified atom stereocenters. The van der Waals surface area contributed by atoms with Crippen molar-refractivity contribution in [1.29, 1.82) is 0 Å². The summed E-state index contributed by atoms with van der Waals surface area (Å²) in [6.07, 6.45) is 1.37. The van der Waals surface area contributed by atoms with Crippen molar-refractivity contribution in [1.82, 2.24) is 10.2 Å². The van der Waals surface area contributed by atoms with Crippen LogP contribution in [0.3, 0.4) is 0 Å². The summed E-state index contributed by atoms with van der Waals surface area (Å²) >= 11 is 0. The van der Waals surface area contributed by atoms with Gasteiger partial charge in [0.15, 0.2) is 6.10 Å². The van der Waals surface area contributed by atoms with Crippen LogP contribution in [0.4, 0.5) is 0 Å². The van der Waals surface area contributed by atoms with E-state index in [0.717, 1.165) is 30.7 Å². The van der Waals surface area contributed by atoms with Gasteiger partial charge in [-0.1, -0.05) is 25.1 Å². The molecule has 0 aromatic heterocycles. The van der Waals surface area contributed by atoms with Crippen molar-refractivity contribution in [2.75, 3.05) is 27.2 Å². The van der Waals surface area contributed by atoms with Gasteiger partial charge in [-0.05, 0) is 52.0 Å². The molecule has 1 aromatic rings. The molecule has 1 rings (SSSR count). The number of benzene rings is 1. The van der Waals surface area contributed by atoms with Gasteiger partial charge >= 0.3 is 0 Å². The zero-order valence-electron chi connectivity index (χ0n) is 13.0. The molecule has 0 heterocycles. The maximum Gasteiger partial charge on any atom is 0.260 e. The minimum absolute atomic E-state index is 0.0605. The number of hydrogen-bond donors (Lipinski definition) is 1. The van der Waals surface area contributed by atoms with Gasteiger partial charge in [0.25, 0.3) is 5.91 Å². The molecule has 1 atom stereocenters. The van der Waals surface area contributed by atoms with Crippen LogP contribution in [0.25, 0.3) is 0 Å². The third kappa shape index (κ3) is 5.61. The first-order chi connectivity index (χ1) is 9.54. The number of ether oxygens (including phenoxy) is 1. The Balaban J connectivity index is 2.41. The normalized spacial score (nSPS) is 12.2. The Kier molecular flexibility index (Phi) is 7.09. The Hall–Kier alpha value is -1.55. The average molecular weight is 278 g/mol. The average Bonchev–Trinajstić information content (AvgIpc) is 2.43. The second-order valence-corrected chi connectivity index (χ2v) is 5.17. The highest BCUT2D eigenvalue weighted by molar-refractivity contribution is 5.80. The Morgan fingerprint density at radius 2 is 2.05 bits per heavy atom. The predicted octanol–water partition coefficient (Wildman–Crippen LogP) is 2.08. The van der Waals surface area contributed by atoms with Crippen molar-refractivity contribution in [2.45, 2.75) is 32.8 Å². The van der Waals surface area contributed by atoms with Crippen LogP contribution in [0.2, 0.25) is 0 Å². The van der Waals surface area contributed by atoms with E-state index in [1.807, 2.05) is 38.4 Å². The molecule has 0 aliphatic rings. The molecule has 4 heteroatoms. The van der Waals surface area contributed by atoms with Gasteiger partial charge in [-0.25, -0.2) is 0 Å². The second kappa shape index (κ2) is 8.59. The van der Waals surface area contributed by atoms with Gasteiger partial charge in [-0.2, -0.15) is 0 Å². The van der Waals surface area contributed by atoms with Crippen LogP contribution in [0.1, 0.15) is 25.8 Å². The number of para-hydroxylation sites is 1. The molecule has 0 spiro atoms. The standard InChI is InChI=1S/C16H26N2O2/c1-5-14-9-6-7-10-15(14)20-13(2)16(19)17-11-8-12-18(3)4/h6-7,9-10,13H,5,8,11-12H2,1-4H3,(H,17,19)/t13-/m0/s1. The zero-order valence-corrected chi connectivity index (χ0v) is 13.0. The number of carbonyl (C=O) groups is 1. The van der Waals surface area contributed by atoms with E-state index in [4.69, 9.17) is 4.74 Å². The summed E-state index contributed by atoms with van der Waals surface area (Å²) in [5.74, 6) is 0.737. The van der Waals surface area contributed by atoms with Crippen LogP contribution in [0.15, 0.2) is 24.3 Å². The van der Waals surface area contributed by atoms with Crippen LogP contribution in [0.5, 0.6) is 5.75 Å². The van der Waals surface area contributed by atoms with Gasteiger partial charge in [0.2, 0.25) is 0 Å². The maximum atomic E-state index is 11.9. The quantitative estimate of drug-likeness (QED) is 0.740. The smallest absolute Gasteiger partial charge is 0.260 e. The second-order valence-electron chi connectivity index (χ2n) is 5.17. The van der Waals surface area contributed by atoms with Crippen molar-refractivity contribution in [3.05, 3.63) is 29.8 Å². The number of rotatable bonds is 8. The van der Waals surface area contributed by atoms with Gasteiger partial charge in [0.05, 0.1) is 0 Å². The topological polar surface area (TPSA) is 41.6 Å². The third-order valence-corrected chi connectivity index (χ3v) is 3.11. The van der Waals surface area contributed by atoms with E-state index in [0.29, 0.717) is 6.54 Å². The molecule has 0 radical (unpaired) electrons. The molecular weight excluding hydrogens is 252 g/mol. The summed E-state index contributed by atoms with van der Waals surface area (Å²) in [6, 6.07) is 7.85. The fourth-order valence-electron chi connectivity index (χ4n) is 1.91. The molecule has 1 amide bonds. The monoisotopic (exact) mass is 278 g/mol. The molecule has 0 bridgehead atoms. The van der Waals surface area contributed by atoms with Gasteiger partial charge in [-0.3, -0.25) is 4.79 Å². The minimum Gasteiger partial charge on any atom is -0.481 e. The van der Waals surface area contributed by atoms with E-state index in [9.17, 15) is 4.79 Å². The lowest BCUT2D eigenvalue weighted by Crippen LogP contribution is -2.37. The van der Waals surface area contributed by atoms with Gasteiger partial charge < -0.3 is 15.0 Å². The number of hydrogen-bond acceptors (Lipinski definition) is 3. The highest BCUT2D eigenvalue weighted by Crippen LogP contribution is 2.19. The minimum atomic E-state index is -0.470. The Bertz CT molecular complexity index is 419. The number of nitrogens with one attached hydrogen (secondary N) is 1. The van der Waals surface area contributed by atoms with Crippen LogP contribution in [-0.2, 0) is 11.2 Å². The fraction of sp³-hybridized carbons (Fsp3) is 0.562. The molecule has 1 N–H and O–H groups in total. The van der Waals surface area contributed by atoms with Crippen molar-refractivity contribution in [3.8, 4) is 5.75 Å². The first-order valence-electron chi connectivity index (χ1n) is 7.21. The Labute approximate surface area is 122 Å². The summed E-state index contributed by atoms with van der Waals surface area (Å²) < 4.78 is 5.75. The molecule has 0 fully saturated rings. The molecule has 1 aromatic carbocycles. The molecule has 4 nitrogen and oxygen atoms in total. The number of nitrogens with zero attached hydrogens (tertiary/aromatic N) is 1. The highest BCUT2D eigenvalue weighted by atomic mass is 16.5. The lowest BCUT2D eigenvalue weighted by atomic mass is 10.1. The Morgan fingerprint density at radius 3 is 2.70 bits per heavy atom. The van der Waals surface area contributed by atoms with E-state index in [-0.39, 0.29) is 5.91 Å². The maximum absolute atomic E-state index is 11.9. The van der Waals surface area contributed by atoms with Crippen LogP contribution < -0.4 is 10.1 Å². The Morgan fingerprint density at radius 1 is 1.35 bits per heavy atom. The summed E-state index contributed by atoms with van der Waals surface area (Å²) in [7, 11) is 4.05. The van der Waals surface area contributed by atoms with Crippen molar-refractivity contribution >= 4 is 5.91 Å². The summed E-state index contributed by atoms with van der Waals surface area (Å²) in [5.41, 5.74) is 1.12. The lowest BCUT2D eigenvalue weighted by Gasteiger charge is -2.17. The van der Waals surface area contributed by atoms with E-state index < -0.39 is 6.10 Å². The van der Waals surface area contributed by atoms with Gasteiger partial charge in [-0.15, -0.1) is 0 Å². The van der Waals surface area contributed by atoms with E-state index in [1.165, 1.54) is 0 Å². The van der Waals surface area contributed by atoms with Crippen LogP contribution in [0, 0.1) is 0 Å². The van der Waals surface area contributed by atoms with Gasteiger partial charge in [0, 0.05) is 6.54 Å². The van der Waals surface area contributed by atoms with E-state index >= 15 is 0 Å². The summed E-state index contributed by atoms with van der Waals surface area (Å²) in [5, 5.41) is 2.90. The van der Waals surface area contributed by atoms with Crippen LogP contribution >= 0.6 is 0 Å². The largest absolute Gasteiger partial charge is 0.481 e. The fourth-order valence-corrected chi connectivity index (χ4v) is 1.91. The number of amides is 1. The van der Waals surface area contributed by atoms with E-state index in [1.54, 1.807) is 6.92 Å². The zero-order chi connectivity index (χ0) is 15.0. The van der Waals surface area contributed by atoms with Crippen LogP contribution in [-0.4, -0.2) is 44.1 Å². The first kappa shape index (κ1) is 16.5. The highest BCUT2D eigenvalue weighted by Gasteiger charge is 2.15. The van der Waals surface area contributed by atoms with E-state index in [2.05, 4.69) is 17.1 Å². The summed E-state index contributed by atoms with van der Waals surface area (Å²) in [6.45, 7) is 5.51. The van der Waals surface area contributed by atoms with Crippen molar-refractivity contribution in [2.24, 2.45) is 0 Å². The lowest BCUT2D eigenvalue weighted by molar-refractivity contribution is -0.127. The molecule has 0 saturated carbocycles. The van der Waals surface area contributed by atoms with Crippen molar-refractivity contribution < 1.29 is 9.53 Å². The predicted molar refractivity (Wildman–Crippen MR) is 82.1 cm³/mol. The van der Waals surface area contributed by atoms with Crippen molar-refractivity contribution in [3.63, 3.8) is 0 Å². The molecule has 0 aliphatic heterocycles. The third-order valence-electron chi connectivity index (χ3n) is 3.11. The summed E-state index contributed by atoms with van der Waals surface area (Å²) in [4.78, 5) is 14.0.